The molecule has 1 aromatic carbocycles. The average Bonchev–Trinajstić information content (AvgIpc) is 2.48. The number of nitrogens with one attached hydrogen (secondary N) is 1. The molecule has 0 bridgehead atoms. The number of hydrogen-bond acceptors (Lipinski definition) is 4. The van der Waals surface area contributed by atoms with Crippen LogP contribution >= 0.6 is 0 Å². The van der Waals surface area contributed by atoms with Gasteiger partial charge in [0.2, 0.25) is 0 Å². The minimum atomic E-state index is 0.137. The van der Waals surface area contributed by atoms with E-state index in [9.17, 15) is 0 Å². The topological polar surface area (TPSA) is 55.7 Å². The van der Waals surface area contributed by atoms with E-state index in [0.717, 1.165) is 25.9 Å². The first kappa shape index (κ1) is 17.1. The average molecular weight is 280 g/mol. The Kier molecular flexibility index (Phi) is 9.24. The second-order valence-corrected chi connectivity index (χ2v) is 4.99. The van der Waals surface area contributed by atoms with E-state index in [-0.39, 0.29) is 13.2 Å². The van der Waals surface area contributed by atoms with Crippen molar-refractivity contribution in [1.82, 2.24) is 10.2 Å². The molecule has 0 aliphatic heterocycles. The number of nitrogens with zero attached hydrogens (tertiary/aromatic N) is 1. The molecule has 1 unspecified atom stereocenters. The summed E-state index contributed by atoms with van der Waals surface area (Å²) in [4.78, 5) is 2.10. The van der Waals surface area contributed by atoms with Crippen molar-refractivity contribution in [3.05, 3.63) is 35.9 Å². The van der Waals surface area contributed by atoms with Crippen LogP contribution in [-0.4, -0.2) is 54.5 Å². The first-order valence-electron chi connectivity index (χ1n) is 7.54. The van der Waals surface area contributed by atoms with Crippen molar-refractivity contribution in [3.63, 3.8) is 0 Å². The van der Waals surface area contributed by atoms with Gasteiger partial charge in [0.15, 0.2) is 0 Å². The van der Waals surface area contributed by atoms with E-state index in [1.54, 1.807) is 0 Å². The summed E-state index contributed by atoms with van der Waals surface area (Å²) in [5.74, 6) is 0. The monoisotopic (exact) mass is 280 g/mol. The Morgan fingerprint density at radius 2 is 1.70 bits per heavy atom. The highest BCUT2D eigenvalue weighted by molar-refractivity contribution is 5.18. The molecule has 0 saturated heterocycles. The fourth-order valence-electron chi connectivity index (χ4n) is 2.32. The van der Waals surface area contributed by atoms with Crippen molar-refractivity contribution in [1.29, 1.82) is 0 Å². The van der Waals surface area contributed by atoms with E-state index < -0.39 is 0 Å². The van der Waals surface area contributed by atoms with Crippen molar-refractivity contribution in [2.75, 3.05) is 39.4 Å². The zero-order valence-electron chi connectivity index (χ0n) is 12.5. The molecule has 3 N–H and O–H groups in total. The molecule has 114 valence electrons. The third-order valence-corrected chi connectivity index (χ3v) is 3.41. The van der Waals surface area contributed by atoms with Crippen LogP contribution in [0.3, 0.4) is 0 Å². The first-order chi connectivity index (χ1) is 9.81. The molecule has 0 aliphatic carbocycles. The second kappa shape index (κ2) is 10.8. The number of benzene rings is 1. The third kappa shape index (κ3) is 6.48. The van der Waals surface area contributed by atoms with Gasteiger partial charge in [0.05, 0.1) is 13.2 Å². The Morgan fingerprint density at radius 3 is 2.25 bits per heavy atom. The van der Waals surface area contributed by atoms with Gasteiger partial charge in [0.1, 0.15) is 0 Å². The largest absolute Gasteiger partial charge is 0.395 e. The van der Waals surface area contributed by atoms with Crippen LogP contribution in [0, 0.1) is 0 Å². The molecular weight excluding hydrogens is 252 g/mol. The minimum absolute atomic E-state index is 0.137. The van der Waals surface area contributed by atoms with Crippen LogP contribution in [0.5, 0.6) is 0 Å². The van der Waals surface area contributed by atoms with E-state index in [1.807, 2.05) is 6.07 Å². The lowest BCUT2D eigenvalue weighted by Gasteiger charge is -2.25. The summed E-state index contributed by atoms with van der Waals surface area (Å²) in [6.45, 7) is 5.55. The lowest BCUT2D eigenvalue weighted by atomic mass is 10.0. The number of rotatable bonds is 11. The summed E-state index contributed by atoms with van der Waals surface area (Å²) < 4.78 is 0. The molecule has 0 aliphatic rings. The number of aliphatic hydroxyl groups is 2. The SMILES string of the molecule is CCCNC(CCN(CCO)CCO)c1ccccc1. The molecule has 0 radical (unpaired) electrons. The quantitative estimate of drug-likeness (QED) is 0.573. The molecule has 0 fully saturated rings. The maximum Gasteiger partial charge on any atom is 0.0558 e. The van der Waals surface area contributed by atoms with Crippen LogP contribution in [0.4, 0.5) is 0 Å². The van der Waals surface area contributed by atoms with Crippen molar-refractivity contribution >= 4 is 0 Å². The standard InChI is InChI=1S/C16H28N2O2/c1-2-9-17-16(15-6-4-3-5-7-15)8-10-18(11-13-19)12-14-20/h3-7,16-17,19-20H,2,8-14H2,1H3. The van der Waals surface area contributed by atoms with Gasteiger partial charge in [-0.3, -0.25) is 4.90 Å². The lowest BCUT2D eigenvalue weighted by molar-refractivity contribution is 0.156. The van der Waals surface area contributed by atoms with Gasteiger partial charge in [-0.1, -0.05) is 37.3 Å². The molecular formula is C16H28N2O2. The molecule has 0 amide bonds. The smallest absolute Gasteiger partial charge is 0.0558 e. The van der Waals surface area contributed by atoms with Crippen molar-refractivity contribution in [2.24, 2.45) is 0 Å². The Morgan fingerprint density at radius 1 is 1.05 bits per heavy atom. The van der Waals surface area contributed by atoms with Crippen LogP contribution in [-0.2, 0) is 0 Å². The predicted molar refractivity (Wildman–Crippen MR) is 82.7 cm³/mol. The highest BCUT2D eigenvalue weighted by atomic mass is 16.3. The van der Waals surface area contributed by atoms with Crippen LogP contribution in [0.25, 0.3) is 0 Å². The third-order valence-electron chi connectivity index (χ3n) is 3.41. The highest BCUT2D eigenvalue weighted by Gasteiger charge is 2.12. The zero-order chi connectivity index (χ0) is 14.6. The Balaban J connectivity index is 2.55. The molecule has 0 spiro atoms. The van der Waals surface area contributed by atoms with Gasteiger partial charge in [-0.05, 0) is 24.9 Å². The van der Waals surface area contributed by atoms with E-state index >= 15 is 0 Å². The summed E-state index contributed by atoms with van der Waals surface area (Å²) >= 11 is 0. The summed E-state index contributed by atoms with van der Waals surface area (Å²) in [7, 11) is 0. The summed E-state index contributed by atoms with van der Waals surface area (Å²) in [5, 5.41) is 21.7. The molecule has 4 heteroatoms. The lowest BCUT2D eigenvalue weighted by Crippen LogP contribution is -2.33. The minimum Gasteiger partial charge on any atom is -0.395 e. The van der Waals surface area contributed by atoms with E-state index in [2.05, 4.69) is 41.4 Å². The first-order valence-corrected chi connectivity index (χ1v) is 7.54. The Hall–Kier alpha value is -0.940. The Bertz CT molecular complexity index is 327. The maximum absolute atomic E-state index is 9.05. The van der Waals surface area contributed by atoms with E-state index in [4.69, 9.17) is 10.2 Å². The van der Waals surface area contributed by atoms with Gasteiger partial charge in [0.25, 0.3) is 0 Å². The highest BCUT2D eigenvalue weighted by Crippen LogP contribution is 2.17. The normalized spacial score (nSPS) is 12.8. The van der Waals surface area contributed by atoms with Gasteiger partial charge in [-0.2, -0.15) is 0 Å². The second-order valence-electron chi connectivity index (χ2n) is 4.99. The van der Waals surface area contributed by atoms with Gasteiger partial charge in [-0.25, -0.2) is 0 Å². The fraction of sp³-hybridized carbons (Fsp3) is 0.625. The van der Waals surface area contributed by atoms with E-state index in [0.29, 0.717) is 19.1 Å². The van der Waals surface area contributed by atoms with E-state index in [1.165, 1.54) is 5.56 Å². The van der Waals surface area contributed by atoms with Crippen molar-refractivity contribution in [2.45, 2.75) is 25.8 Å². The zero-order valence-corrected chi connectivity index (χ0v) is 12.5. The molecule has 1 atom stereocenters. The molecule has 0 saturated carbocycles. The van der Waals surface area contributed by atoms with Gasteiger partial charge >= 0.3 is 0 Å². The maximum atomic E-state index is 9.05. The number of aliphatic hydroxyl groups excluding tert-OH is 2. The molecule has 1 aromatic rings. The summed E-state index contributed by atoms with van der Waals surface area (Å²) in [5.41, 5.74) is 1.30. The molecule has 4 nitrogen and oxygen atoms in total. The molecule has 0 aromatic heterocycles. The molecule has 1 rings (SSSR count). The molecule has 20 heavy (non-hydrogen) atoms. The fourth-order valence-corrected chi connectivity index (χ4v) is 2.32. The van der Waals surface area contributed by atoms with Gasteiger partial charge in [-0.15, -0.1) is 0 Å². The van der Waals surface area contributed by atoms with Gasteiger partial charge in [0, 0.05) is 25.7 Å². The Labute approximate surface area is 122 Å². The predicted octanol–water partition coefficient (Wildman–Crippen LogP) is 1.40. The van der Waals surface area contributed by atoms with Crippen molar-refractivity contribution < 1.29 is 10.2 Å². The van der Waals surface area contributed by atoms with Crippen LogP contribution < -0.4 is 5.32 Å². The van der Waals surface area contributed by atoms with Crippen LogP contribution in [0.1, 0.15) is 31.4 Å². The summed E-state index contributed by atoms with van der Waals surface area (Å²) in [6, 6.07) is 10.8. The van der Waals surface area contributed by atoms with Crippen LogP contribution in [0.2, 0.25) is 0 Å². The molecule has 0 heterocycles. The van der Waals surface area contributed by atoms with Crippen LogP contribution in [0.15, 0.2) is 30.3 Å². The number of hydrogen-bond donors (Lipinski definition) is 3. The summed E-state index contributed by atoms with van der Waals surface area (Å²) in [6.07, 6.45) is 2.09. The van der Waals surface area contributed by atoms with Crippen molar-refractivity contribution in [3.8, 4) is 0 Å². The van der Waals surface area contributed by atoms with Gasteiger partial charge < -0.3 is 15.5 Å².